The Balaban J connectivity index is 2.29. The van der Waals surface area contributed by atoms with Gasteiger partial charge in [0.15, 0.2) is 0 Å². The summed E-state index contributed by atoms with van der Waals surface area (Å²) in [4.78, 5) is 11.6. The van der Waals surface area contributed by atoms with Gasteiger partial charge in [-0.05, 0) is 12.5 Å². The highest BCUT2D eigenvalue weighted by atomic mass is 32.2. The number of hydrogen-bond acceptors (Lipinski definition) is 5. The van der Waals surface area contributed by atoms with Crippen molar-refractivity contribution in [2.45, 2.75) is 18.9 Å². The first-order valence-corrected chi connectivity index (χ1v) is 8.03. The van der Waals surface area contributed by atoms with Crippen molar-refractivity contribution in [3.8, 4) is 0 Å². The zero-order valence-corrected chi connectivity index (χ0v) is 12.0. The molecule has 0 aliphatic heterocycles. The largest absolute Gasteiger partial charge is 0.354 e. The summed E-state index contributed by atoms with van der Waals surface area (Å²) in [6, 6.07) is 1.08. The highest BCUT2D eigenvalue weighted by molar-refractivity contribution is 7.90. The lowest BCUT2D eigenvalue weighted by atomic mass is 10.2. The van der Waals surface area contributed by atoms with Gasteiger partial charge >= 0.3 is 0 Å². The van der Waals surface area contributed by atoms with Gasteiger partial charge in [0.2, 0.25) is 5.91 Å². The van der Waals surface area contributed by atoms with Crippen LogP contribution in [0.2, 0.25) is 0 Å². The second kappa shape index (κ2) is 6.67. The van der Waals surface area contributed by atoms with Gasteiger partial charge in [-0.15, -0.1) is 0 Å². The quantitative estimate of drug-likeness (QED) is 0.658. The minimum Gasteiger partial charge on any atom is -0.354 e. The second-order valence-electron chi connectivity index (χ2n) is 4.51. The molecule has 108 valence electrons. The van der Waals surface area contributed by atoms with Crippen LogP contribution in [0, 0.1) is 0 Å². The maximum absolute atomic E-state index is 11.6. The topological polar surface area (TPSA) is 107 Å². The first-order valence-electron chi connectivity index (χ1n) is 5.97. The average Bonchev–Trinajstić information content (AvgIpc) is 2.71. The molecule has 19 heavy (non-hydrogen) atoms. The molecule has 0 fully saturated rings. The third kappa shape index (κ3) is 5.84. The van der Waals surface area contributed by atoms with Crippen LogP contribution in [0.5, 0.6) is 0 Å². The number of nitrogens with zero attached hydrogens (tertiary/aromatic N) is 2. The van der Waals surface area contributed by atoms with Crippen molar-refractivity contribution >= 4 is 15.7 Å². The molecule has 3 N–H and O–H groups in total. The van der Waals surface area contributed by atoms with Gasteiger partial charge in [-0.25, -0.2) is 8.42 Å². The molecule has 0 spiro atoms. The van der Waals surface area contributed by atoms with E-state index in [1.807, 2.05) is 13.1 Å². The molecule has 0 saturated carbocycles. The van der Waals surface area contributed by atoms with Crippen LogP contribution in [-0.4, -0.2) is 48.7 Å². The molecule has 0 bridgehead atoms. The number of sulfone groups is 1. The fraction of sp³-hybridized carbons (Fsp3) is 0.636. The number of carbonyl (C=O) groups is 1. The first-order chi connectivity index (χ1) is 8.79. The Hall–Kier alpha value is -1.41. The molecule has 8 heteroatoms. The monoisotopic (exact) mass is 288 g/mol. The van der Waals surface area contributed by atoms with E-state index in [0.717, 1.165) is 11.9 Å². The summed E-state index contributed by atoms with van der Waals surface area (Å²) in [5.41, 5.74) is 6.62. The Kier molecular flexibility index (Phi) is 5.49. The van der Waals surface area contributed by atoms with E-state index in [9.17, 15) is 13.2 Å². The van der Waals surface area contributed by atoms with E-state index in [1.165, 1.54) is 0 Å². The van der Waals surface area contributed by atoms with Crippen molar-refractivity contribution in [3.05, 3.63) is 18.0 Å². The third-order valence-electron chi connectivity index (χ3n) is 2.74. The maximum atomic E-state index is 11.6. The van der Waals surface area contributed by atoms with Gasteiger partial charge in [0.25, 0.3) is 0 Å². The minimum atomic E-state index is -3.09. The number of nitrogens with one attached hydrogen (secondary N) is 1. The summed E-state index contributed by atoms with van der Waals surface area (Å²) in [5, 5.41) is 6.70. The number of amides is 1. The number of hydrogen-bond donors (Lipinski definition) is 2. The van der Waals surface area contributed by atoms with E-state index in [2.05, 4.69) is 10.4 Å². The molecule has 7 nitrogen and oxygen atoms in total. The van der Waals surface area contributed by atoms with Crippen molar-refractivity contribution in [2.75, 3.05) is 18.6 Å². The lowest BCUT2D eigenvalue weighted by Gasteiger charge is -2.11. The Morgan fingerprint density at radius 3 is 2.79 bits per heavy atom. The zero-order chi connectivity index (χ0) is 14.5. The summed E-state index contributed by atoms with van der Waals surface area (Å²) in [7, 11) is -1.26. The van der Waals surface area contributed by atoms with Crippen molar-refractivity contribution < 1.29 is 13.2 Å². The molecule has 0 aliphatic carbocycles. The Morgan fingerprint density at radius 1 is 1.58 bits per heavy atom. The second-order valence-corrected chi connectivity index (χ2v) is 6.77. The smallest absolute Gasteiger partial charge is 0.236 e. The molecule has 0 aliphatic rings. The Morgan fingerprint density at radius 2 is 2.26 bits per heavy atom. The van der Waals surface area contributed by atoms with Crippen LogP contribution in [-0.2, 0) is 28.1 Å². The van der Waals surface area contributed by atoms with Gasteiger partial charge in [0, 0.05) is 38.2 Å². The molecular weight excluding hydrogens is 268 g/mol. The van der Waals surface area contributed by atoms with E-state index in [4.69, 9.17) is 5.73 Å². The zero-order valence-electron chi connectivity index (χ0n) is 11.2. The predicted octanol–water partition coefficient (Wildman–Crippen LogP) is -1.16. The summed E-state index contributed by atoms with van der Waals surface area (Å²) in [6.45, 7) is 0.449. The number of carbonyl (C=O) groups excluding carboxylic acids is 1. The van der Waals surface area contributed by atoms with Crippen LogP contribution in [0.4, 0.5) is 0 Å². The van der Waals surface area contributed by atoms with E-state index >= 15 is 0 Å². The lowest BCUT2D eigenvalue weighted by Crippen LogP contribution is -2.42. The summed E-state index contributed by atoms with van der Waals surface area (Å²) in [5.74, 6) is -0.408. The molecule has 1 rings (SSSR count). The molecule has 0 saturated heterocycles. The maximum Gasteiger partial charge on any atom is 0.236 e. The standard InChI is InChI=1S/C11H20N4O3S/c1-15-9(4-7-14-15)3-6-13-11(16)10(12)5-8-19(2,17)18/h4,7,10H,3,5-6,8,12H2,1-2H3,(H,13,16). The first kappa shape index (κ1) is 15.6. The van der Waals surface area contributed by atoms with Crippen LogP contribution >= 0.6 is 0 Å². The lowest BCUT2D eigenvalue weighted by molar-refractivity contribution is -0.122. The van der Waals surface area contributed by atoms with Crippen LogP contribution in [0.15, 0.2) is 12.3 Å². The molecule has 1 heterocycles. The van der Waals surface area contributed by atoms with E-state index < -0.39 is 15.9 Å². The fourth-order valence-corrected chi connectivity index (χ4v) is 2.25. The molecule has 0 radical (unpaired) electrons. The van der Waals surface area contributed by atoms with E-state index in [0.29, 0.717) is 13.0 Å². The van der Waals surface area contributed by atoms with Gasteiger partial charge in [-0.3, -0.25) is 9.48 Å². The number of aromatic nitrogens is 2. The molecule has 1 atom stereocenters. The van der Waals surface area contributed by atoms with Crippen molar-refractivity contribution in [2.24, 2.45) is 12.8 Å². The molecule has 1 amide bonds. The Bertz CT molecular complexity index is 524. The van der Waals surface area contributed by atoms with Crippen molar-refractivity contribution in [1.82, 2.24) is 15.1 Å². The van der Waals surface area contributed by atoms with Gasteiger partial charge in [-0.2, -0.15) is 5.10 Å². The summed E-state index contributed by atoms with van der Waals surface area (Å²) in [6.07, 6.45) is 3.60. The summed E-state index contributed by atoms with van der Waals surface area (Å²) >= 11 is 0. The molecule has 1 unspecified atom stereocenters. The molecule has 1 aromatic rings. The van der Waals surface area contributed by atoms with E-state index in [1.54, 1.807) is 10.9 Å². The minimum absolute atomic E-state index is 0.0800. The highest BCUT2D eigenvalue weighted by Crippen LogP contribution is 1.97. The molecule has 0 aromatic carbocycles. The van der Waals surface area contributed by atoms with Gasteiger partial charge in [-0.1, -0.05) is 0 Å². The number of aryl methyl sites for hydroxylation is 1. The van der Waals surface area contributed by atoms with E-state index in [-0.39, 0.29) is 18.1 Å². The molecule has 1 aromatic heterocycles. The normalized spacial score (nSPS) is 13.2. The highest BCUT2D eigenvalue weighted by Gasteiger charge is 2.15. The number of nitrogens with two attached hydrogens (primary N) is 1. The van der Waals surface area contributed by atoms with Crippen LogP contribution < -0.4 is 11.1 Å². The van der Waals surface area contributed by atoms with Gasteiger partial charge < -0.3 is 11.1 Å². The Labute approximate surface area is 113 Å². The predicted molar refractivity (Wildman–Crippen MR) is 72.2 cm³/mol. The SMILES string of the molecule is Cn1nccc1CCNC(=O)C(N)CCS(C)(=O)=O. The number of rotatable bonds is 7. The fourth-order valence-electron chi connectivity index (χ4n) is 1.56. The van der Waals surface area contributed by atoms with Gasteiger partial charge in [0.1, 0.15) is 9.84 Å². The summed E-state index contributed by atoms with van der Waals surface area (Å²) < 4.78 is 23.7. The average molecular weight is 288 g/mol. The van der Waals surface area contributed by atoms with Crippen molar-refractivity contribution in [3.63, 3.8) is 0 Å². The molecular formula is C11H20N4O3S. The van der Waals surface area contributed by atoms with Crippen LogP contribution in [0.3, 0.4) is 0 Å². The van der Waals surface area contributed by atoms with Crippen LogP contribution in [0.1, 0.15) is 12.1 Å². The third-order valence-corrected chi connectivity index (χ3v) is 3.72. The van der Waals surface area contributed by atoms with Gasteiger partial charge in [0.05, 0.1) is 11.8 Å². The van der Waals surface area contributed by atoms with Crippen LogP contribution in [0.25, 0.3) is 0 Å². The van der Waals surface area contributed by atoms with Crippen molar-refractivity contribution in [1.29, 1.82) is 0 Å².